The van der Waals surface area contributed by atoms with E-state index in [9.17, 15) is 0 Å². The summed E-state index contributed by atoms with van der Waals surface area (Å²) in [6.07, 6.45) is 1.23. The number of hydrogen-bond acceptors (Lipinski definition) is 3. The van der Waals surface area contributed by atoms with Crippen molar-refractivity contribution in [3.05, 3.63) is 0 Å². The van der Waals surface area contributed by atoms with E-state index in [1.165, 1.54) is 6.42 Å². The van der Waals surface area contributed by atoms with Crippen molar-refractivity contribution in [2.24, 2.45) is 11.7 Å². The van der Waals surface area contributed by atoms with E-state index in [0.29, 0.717) is 12.1 Å². The normalized spacial score (nSPS) is 35.0. The van der Waals surface area contributed by atoms with Gasteiger partial charge < -0.3 is 10.5 Å². The first-order chi connectivity index (χ1) is 5.77. The van der Waals surface area contributed by atoms with Crippen molar-refractivity contribution < 1.29 is 4.74 Å². The Morgan fingerprint density at radius 1 is 1.50 bits per heavy atom. The lowest BCUT2D eigenvalue weighted by Gasteiger charge is -2.43. The molecular weight excluding hydrogens is 152 g/mol. The third-order valence-corrected chi connectivity index (χ3v) is 3.16. The van der Waals surface area contributed by atoms with Crippen LogP contribution in [0.3, 0.4) is 0 Å². The van der Waals surface area contributed by atoms with E-state index in [0.717, 1.165) is 32.2 Å². The summed E-state index contributed by atoms with van der Waals surface area (Å²) < 4.78 is 5.37. The molecular formula is C9H18N2O. The summed E-state index contributed by atoms with van der Waals surface area (Å²) in [5.74, 6) is 0.748. The van der Waals surface area contributed by atoms with Crippen LogP contribution in [0, 0.1) is 5.92 Å². The van der Waals surface area contributed by atoms with Crippen LogP contribution in [0.15, 0.2) is 0 Å². The number of hydrogen-bond donors (Lipinski definition) is 1. The highest BCUT2D eigenvalue weighted by Crippen LogP contribution is 2.23. The van der Waals surface area contributed by atoms with Crippen molar-refractivity contribution in [2.75, 3.05) is 26.3 Å². The summed E-state index contributed by atoms with van der Waals surface area (Å²) in [7, 11) is 0. The standard InChI is InChI=1S/C9H18N2O/c1-7(8-2-3-12-6-8)11-4-9(10)5-11/h7-9H,2-6,10H2,1H3. The molecule has 2 saturated heterocycles. The smallest absolute Gasteiger partial charge is 0.0509 e. The topological polar surface area (TPSA) is 38.5 Å². The second-order valence-electron chi connectivity index (χ2n) is 4.08. The van der Waals surface area contributed by atoms with Crippen LogP contribution in [0.2, 0.25) is 0 Å². The molecule has 70 valence electrons. The number of ether oxygens (including phenoxy) is 1. The molecule has 2 heterocycles. The van der Waals surface area contributed by atoms with Gasteiger partial charge in [-0.25, -0.2) is 0 Å². The fourth-order valence-electron chi connectivity index (χ4n) is 2.11. The molecule has 0 aromatic carbocycles. The largest absolute Gasteiger partial charge is 0.381 e. The minimum Gasteiger partial charge on any atom is -0.381 e. The molecule has 3 heteroatoms. The molecule has 2 atom stereocenters. The SMILES string of the molecule is CC(C1CCOC1)N1CC(N)C1. The third-order valence-electron chi connectivity index (χ3n) is 3.16. The Bertz CT molecular complexity index is 151. The molecule has 2 rings (SSSR count). The van der Waals surface area contributed by atoms with Gasteiger partial charge in [-0.3, -0.25) is 4.90 Å². The maximum absolute atomic E-state index is 5.73. The van der Waals surface area contributed by atoms with Crippen molar-refractivity contribution in [2.45, 2.75) is 25.4 Å². The van der Waals surface area contributed by atoms with E-state index in [4.69, 9.17) is 10.5 Å². The Hall–Kier alpha value is -0.120. The minimum atomic E-state index is 0.426. The van der Waals surface area contributed by atoms with Gasteiger partial charge in [0.1, 0.15) is 0 Å². The Balaban J connectivity index is 1.79. The van der Waals surface area contributed by atoms with Crippen molar-refractivity contribution in [1.29, 1.82) is 0 Å². The van der Waals surface area contributed by atoms with Crippen molar-refractivity contribution in [3.8, 4) is 0 Å². The lowest BCUT2D eigenvalue weighted by molar-refractivity contribution is 0.0626. The molecule has 2 N–H and O–H groups in total. The van der Waals surface area contributed by atoms with Crippen LogP contribution in [0.25, 0.3) is 0 Å². The fourth-order valence-corrected chi connectivity index (χ4v) is 2.11. The summed E-state index contributed by atoms with van der Waals surface area (Å²) in [5, 5.41) is 0. The molecule has 2 fully saturated rings. The zero-order valence-electron chi connectivity index (χ0n) is 7.70. The Morgan fingerprint density at radius 3 is 2.75 bits per heavy atom. The van der Waals surface area contributed by atoms with Gasteiger partial charge in [-0.1, -0.05) is 0 Å². The summed E-state index contributed by atoms with van der Waals surface area (Å²) in [6, 6.07) is 1.10. The van der Waals surface area contributed by atoms with Crippen LogP contribution >= 0.6 is 0 Å². The molecule has 0 aliphatic carbocycles. The monoisotopic (exact) mass is 170 g/mol. The average Bonchev–Trinajstić information content (AvgIpc) is 2.49. The zero-order chi connectivity index (χ0) is 8.55. The Kier molecular flexibility index (Phi) is 2.35. The number of nitrogens with zero attached hydrogens (tertiary/aromatic N) is 1. The van der Waals surface area contributed by atoms with Crippen molar-refractivity contribution in [1.82, 2.24) is 4.90 Å². The molecule has 0 radical (unpaired) electrons. The first-order valence-electron chi connectivity index (χ1n) is 4.85. The van der Waals surface area contributed by atoms with E-state index >= 15 is 0 Å². The molecule has 0 aromatic heterocycles. The summed E-state index contributed by atoms with van der Waals surface area (Å²) in [5.41, 5.74) is 5.73. The van der Waals surface area contributed by atoms with E-state index in [2.05, 4.69) is 11.8 Å². The van der Waals surface area contributed by atoms with Crippen LogP contribution in [0.1, 0.15) is 13.3 Å². The van der Waals surface area contributed by atoms with Crippen LogP contribution in [-0.4, -0.2) is 43.3 Å². The van der Waals surface area contributed by atoms with Crippen LogP contribution in [0.4, 0.5) is 0 Å². The predicted octanol–water partition coefficient (Wildman–Crippen LogP) is 0.0543. The van der Waals surface area contributed by atoms with Crippen LogP contribution in [0.5, 0.6) is 0 Å². The van der Waals surface area contributed by atoms with Gasteiger partial charge in [0.15, 0.2) is 0 Å². The van der Waals surface area contributed by atoms with Gasteiger partial charge in [-0.15, -0.1) is 0 Å². The highest BCUT2D eigenvalue weighted by atomic mass is 16.5. The zero-order valence-corrected chi connectivity index (χ0v) is 7.70. The van der Waals surface area contributed by atoms with Crippen molar-refractivity contribution in [3.63, 3.8) is 0 Å². The van der Waals surface area contributed by atoms with E-state index in [1.54, 1.807) is 0 Å². The molecule has 2 aliphatic rings. The summed E-state index contributed by atoms with van der Waals surface area (Å²) in [6.45, 7) is 6.36. The first kappa shape index (κ1) is 8.48. The first-order valence-corrected chi connectivity index (χ1v) is 4.85. The molecule has 0 bridgehead atoms. The second-order valence-corrected chi connectivity index (χ2v) is 4.08. The van der Waals surface area contributed by atoms with Gasteiger partial charge >= 0.3 is 0 Å². The van der Waals surface area contributed by atoms with Crippen molar-refractivity contribution >= 4 is 0 Å². The average molecular weight is 170 g/mol. The molecule has 2 unspecified atom stereocenters. The highest BCUT2D eigenvalue weighted by molar-refractivity contribution is 4.89. The molecule has 0 amide bonds. The molecule has 0 saturated carbocycles. The maximum atomic E-state index is 5.73. The lowest BCUT2D eigenvalue weighted by Crippen LogP contribution is -2.60. The van der Waals surface area contributed by atoms with E-state index in [-0.39, 0.29) is 0 Å². The van der Waals surface area contributed by atoms with Gasteiger partial charge in [-0.05, 0) is 19.3 Å². The number of nitrogens with two attached hydrogens (primary N) is 1. The molecule has 0 spiro atoms. The highest BCUT2D eigenvalue weighted by Gasteiger charge is 2.33. The second kappa shape index (κ2) is 3.32. The lowest BCUT2D eigenvalue weighted by atomic mass is 9.95. The fraction of sp³-hybridized carbons (Fsp3) is 1.00. The number of rotatable bonds is 2. The predicted molar refractivity (Wildman–Crippen MR) is 47.9 cm³/mol. The number of likely N-dealkylation sites (tertiary alicyclic amines) is 1. The summed E-state index contributed by atoms with van der Waals surface area (Å²) in [4.78, 5) is 2.46. The Labute approximate surface area is 73.9 Å². The third kappa shape index (κ3) is 1.49. The molecule has 3 nitrogen and oxygen atoms in total. The minimum absolute atomic E-state index is 0.426. The van der Waals surface area contributed by atoms with Gasteiger partial charge in [-0.2, -0.15) is 0 Å². The van der Waals surface area contributed by atoms with E-state index < -0.39 is 0 Å². The maximum Gasteiger partial charge on any atom is 0.0509 e. The van der Waals surface area contributed by atoms with E-state index in [1.807, 2.05) is 0 Å². The Morgan fingerprint density at radius 2 is 2.25 bits per heavy atom. The summed E-state index contributed by atoms with van der Waals surface area (Å²) >= 11 is 0. The quantitative estimate of drug-likeness (QED) is 0.636. The van der Waals surface area contributed by atoms with Gasteiger partial charge in [0.25, 0.3) is 0 Å². The van der Waals surface area contributed by atoms with Gasteiger partial charge in [0, 0.05) is 31.8 Å². The van der Waals surface area contributed by atoms with Crippen LogP contribution < -0.4 is 5.73 Å². The van der Waals surface area contributed by atoms with Crippen LogP contribution in [-0.2, 0) is 4.74 Å². The van der Waals surface area contributed by atoms with Gasteiger partial charge in [0.05, 0.1) is 6.61 Å². The molecule has 12 heavy (non-hydrogen) atoms. The van der Waals surface area contributed by atoms with Gasteiger partial charge in [0.2, 0.25) is 0 Å². The molecule has 2 aliphatic heterocycles. The molecule has 0 aromatic rings.